The van der Waals surface area contributed by atoms with Crippen LogP contribution >= 0.6 is 33.9 Å². The van der Waals surface area contributed by atoms with E-state index >= 15 is 0 Å². The molecular weight excluding hydrogens is 357 g/mol. The largest absolute Gasteiger partial charge is 0.372 e. The van der Waals surface area contributed by atoms with Crippen molar-refractivity contribution < 1.29 is 0 Å². The summed E-state index contributed by atoms with van der Waals surface area (Å²) in [5, 5.41) is 3.09. The van der Waals surface area contributed by atoms with E-state index in [1.807, 2.05) is 13.2 Å². The van der Waals surface area contributed by atoms with Crippen molar-refractivity contribution in [3.63, 3.8) is 0 Å². The maximum absolute atomic E-state index is 4.54. The number of thiophene rings is 1. The van der Waals surface area contributed by atoms with Gasteiger partial charge in [-0.15, -0.1) is 11.3 Å². The summed E-state index contributed by atoms with van der Waals surface area (Å²) in [6, 6.07) is 4.27. The third-order valence-corrected chi connectivity index (χ3v) is 4.84. The first-order valence-corrected chi connectivity index (χ1v) is 7.62. The number of anilines is 1. The van der Waals surface area contributed by atoms with Crippen LogP contribution in [0.25, 0.3) is 10.7 Å². The predicted octanol–water partition coefficient (Wildman–Crippen LogP) is 4.15. The molecule has 0 spiro atoms. The molecule has 2 aromatic rings. The summed E-state index contributed by atoms with van der Waals surface area (Å²) in [5.41, 5.74) is 0.179. The fraction of sp³-hybridized carbons (Fsp3) is 0.385. The maximum atomic E-state index is 4.54. The quantitative estimate of drug-likeness (QED) is 0.804. The highest BCUT2D eigenvalue weighted by atomic mass is 127. The first kappa shape index (κ1) is 13.7. The monoisotopic (exact) mass is 373 g/mol. The Morgan fingerprint density at radius 2 is 2.00 bits per heavy atom. The van der Waals surface area contributed by atoms with E-state index in [9.17, 15) is 0 Å². The van der Waals surface area contributed by atoms with Crippen LogP contribution < -0.4 is 5.32 Å². The van der Waals surface area contributed by atoms with Crippen molar-refractivity contribution in [2.45, 2.75) is 26.2 Å². The third-order valence-electron chi connectivity index (χ3n) is 2.55. The van der Waals surface area contributed by atoms with Crippen LogP contribution in [0.5, 0.6) is 0 Å². The number of nitrogens with one attached hydrogen (secondary N) is 1. The predicted molar refractivity (Wildman–Crippen MR) is 86.3 cm³/mol. The zero-order valence-electron chi connectivity index (χ0n) is 10.9. The van der Waals surface area contributed by atoms with Gasteiger partial charge in [-0.25, -0.2) is 9.97 Å². The molecule has 1 N–H and O–H groups in total. The first-order valence-electron chi connectivity index (χ1n) is 5.73. The molecular formula is C13H16IN3S. The summed E-state index contributed by atoms with van der Waals surface area (Å²) < 4.78 is 1.03. The van der Waals surface area contributed by atoms with Gasteiger partial charge in [0, 0.05) is 18.1 Å². The van der Waals surface area contributed by atoms with E-state index in [0.29, 0.717) is 0 Å². The molecule has 0 aromatic carbocycles. The number of aromatic nitrogens is 2. The van der Waals surface area contributed by atoms with Gasteiger partial charge in [0.05, 0.1) is 8.45 Å². The van der Waals surface area contributed by atoms with Crippen LogP contribution in [0.1, 0.15) is 25.6 Å². The molecule has 0 fully saturated rings. The average Bonchev–Trinajstić information content (AvgIpc) is 2.78. The van der Waals surface area contributed by atoms with E-state index in [-0.39, 0.29) is 5.41 Å². The molecule has 5 heteroatoms. The van der Waals surface area contributed by atoms with E-state index in [2.05, 4.69) is 70.8 Å². The molecule has 0 aliphatic rings. The van der Waals surface area contributed by atoms with Crippen molar-refractivity contribution in [1.82, 2.24) is 9.97 Å². The second-order valence-electron chi connectivity index (χ2n) is 5.05. The standard InChI is InChI=1S/C13H16IN3S/c1-13(2,3)10-6-5-9(18-10)12-16-7-8(14)11(15-4)17-12/h5-7H,1-4H3,(H,15,16,17). The Balaban J connectivity index is 2.40. The SMILES string of the molecule is CNc1nc(-c2ccc(C(C)(C)C)s2)ncc1I. The Labute approximate surface area is 125 Å². The molecule has 0 amide bonds. The van der Waals surface area contributed by atoms with Gasteiger partial charge in [0.2, 0.25) is 0 Å². The smallest absolute Gasteiger partial charge is 0.171 e. The molecule has 0 atom stereocenters. The first-order chi connectivity index (χ1) is 8.41. The summed E-state index contributed by atoms with van der Waals surface area (Å²) in [5.74, 6) is 1.67. The van der Waals surface area contributed by atoms with Gasteiger partial charge < -0.3 is 5.32 Å². The number of hydrogen-bond donors (Lipinski definition) is 1. The molecule has 2 aromatic heterocycles. The zero-order chi connectivity index (χ0) is 13.3. The Morgan fingerprint density at radius 3 is 2.56 bits per heavy atom. The van der Waals surface area contributed by atoms with Gasteiger partial charge in [0.1, 0.15) is 5.82 Å². The summed E-state index contributed by atoms with van der Waals surface area (Å²) in [6.07, 6.45) is 1.85. The maximum Gasteiger partial charge on any atom is 0.171 e. The van der Waals surface area contributed by atoms with Crippen LogP contribution in [0, 0.1) is 3.57 Å². The molecule has 0 saturated heterocycles. The molecule has 0 bridgehead atoms. The van der Waals surface area contributed by atoms with Gasteiger partial charge in [0.25, 0.3) is 0 Å². The number of nitrogens with zero attached hydrogens (tertiary/aromatic N) is 2. The van der Waals surface area contributed by atoms with E-state index in [1.54, 1.807) is 11.3 Å². The summed E-state index contributed by atoms with van der Waals surface area (Å²) >= 11 is 3.99. The fourth-order valence-corrected chi connectivity index (χ4v) is 3.06. The van der Waals surface area contributed by atoms with E-state index in [0.717, 1.165) is 20.1 Å². The van der Waals surface area contributed by atoms with Crippen molar-refractivity contribution in [3.05, 3.63) is 26.8 Å². The minimum absolute atomic E-state index is 0.179. The lowest BCUT2D eigenvalue weighted by Crippen LogP contribution is -2.07. The Morgan fingerprint density at radius 1 is 1.28 bits per heavy atom. The third kappa shape index (κ3) is 2.83. The highest BCUT2D eigenvalue weighted by Gasteiger charge is 2.17. The number of hydrogen-bond acceptors (Lipinski definition) is 4. The number of halogens is 1. The minimum Gasteiger partial charge on any atom is -0.372 e. The van der Waals surface area contributed by atoms with E-state index in [4.69, 9.17) is 0 Å². The van der Waals surface area contributed by atoms with Crippen LogP contribution in [-0.4, -0.2) is 17.0 Å². The second-order valence-corrected chi connectivity index (χ2v) is 7.30. The zero-order valence-corrected chi connectivity index (χ0v) is 13.9. The highest BCUT2D eigenvalue weighted by Crippen LogP contribution is 2.34. The van der Waals surface area contributed by atoms with Gasteiger partial charge in [-0.2, -0.15) is 0 Å². The van der Waals surface area contributed by atoms with Crippen LogP contribution in [-0.2, 0) is 5.41 Å². The molecule has 0 unspecified atom stereocenters. The summed E-state index contributed by atoms with van der Waals surface area (Å²) in [6.45, 7) is 6.66. The molecule has 0 aliphatic heterocycles. The van der Waals surface area contributed by atoms with Crippen LogP contribution in [0.4, 0.5) is 5.82 Å². The van der Waals surface area contributed by atoms with Gasteiger partial charge >= 0.3 is 0 Å². The second kappa shape index (κ2) is 5.13. The lowest BCUT2D eigenvalue weighted by molar-refractivity contribution is 0.604. The highest BCUT2D eigenvalue weighted by molar-refractivity contribution is 14.1. The van der Waals surface area contributed by atoms with Gasteiger partial charge in [-0.1, -0.05) is 20.8 Å². The van der Waals surface area contributed by atoms with Gasteiger partial charge in [-0.3, -0.25) is 0 Å². The van der Waals surface area contributed by atoms with E-state index < -0.39 is 0 Å². The topological polar surface area (TPSA) is 37.8 Å². The average molecular weight is 373 g/mol. The molecule has 18 heavy (non-hydrogen) atoms. The molecule has 2 rings (SSSR count). The van der Waals surface area contributed by atoms with Crippen LogP contribution in [0.2, 0.25) is 0 Å². The Bertz CT molecular complexity index is 558. The molecule has 2 heterocycles. The van der Waals surface area contributed by atoms with Crippen molar-refractivity contribution in [3.8, 4) is 10.7 Å². The molecule has 3 nitrogen and oxygen atoms in total. The van der Waals surface area contributed by atoms with Crippen molar-refractivity contribution in [1.29, 1.82) is 0 Å². The molecule has 0 aliphatic carbocycles. The normalized spacial score (nSPS) is 11.6. The molecule has 0 radical (unpaired) electrons. The number of rotatable bonds is 2. The van der Waals surface area contributed by atoms with Crippen LogP contribution in [0.15, 0.2) is 18.3 Å². The van der Waals surface area contributed by atoms with Crippen molar-refractivity contribution in [2.24, 2.45) is 0 Å². The van der Waals surface area contributed by atoms with E-state index in [1.165, 1.54) is 4.88 Å². The lowest BCUT2D eigenvalue weighted by Gasteiger charge is -2.15. The van der Waals surface area contributed by atoms with Crippen molar-refractivity contribution in [2.75, 3.05) is 12.4 Å². The van der Waals surface area contributed by atoms with Gasteiger partial charge in [-0.05, 0) is 40.1 Å². The molecule has 96 valence electrons. The fourth-order valence-electron chi connectivity index (χ4n) is 1.52. The minimum atomic E-state index is 0.179. The summed E-state index contributed by atoms with van der Waals surface area (Å²) in [7, 11) is 1.88. The van der Waals surface area contributed by atoms with Crippen LogP contribution in [0.3, 0.4) is 0 Å². The lowest BCUT2D eigenvalue weighted by atomic mass is 9.95. The van der Waals surface area contributed by atoms with Gasteiger partial charge in [0.15, 0.2) is 5.82 Å². The van der Waals surface area contributed by atoms with Crippen molar-refractivity contribution >= 4 is 39.7 Å². The molecule has 0 saturated carbocycles. The Kier molecular flexibility index (Phi) is 3.91. The summed E-state index contributed by atoms with van der Waals surface area (Å²) in [4.78, 5) is 11.4. The Hall–Kier alpha value is -0.690.